The number of methoxy groups -OCH3 is 1. The van der Waals surface area contributed by atoms with Gasteiger partial charge < -0.3 is 24.8 Å². The molecule has 156 valence electrons. The first-order chi connectivity index (χ1) is 14.1. The standard InChI is InChI=1S/C21H27N3O5/c1-27-14-2-4-15(5-3-14)28-19(11-23-13-25)21-9-8-17(18(24-21)10-22-12-21)20(26)29-16-6-7-16/h2-5,8,13,16,18-19,22,24H,6-7,9-12H2,1H3,(H,23,25). The molecule has 2 heterocycles. The van der Waals surface area contributed by atoms with E-state index in [1.54, 1.807) is 7.11 Å². The molecule has 8 nitrogen and oxygen atoms in total. The smallest absolute Gasteiger partial charge is 0.335 e. The van der Waals surface area contributed by atoms with Gasteiger partial charge in [-0.1, -0.05) is 6.08 Å². The van der Waals surface area contributed by atoms with E-state index in [1.807, 2.05) is 30.3 Å². The predicted octanol–water partition coefficient (Wildman–Crippen LogP) is 0.525. The molecule has 1 saturated carbocycles. The van der Waals surface area contributed by atoms with Crippen LogP contribution in [0.1, 0.15) is 19.3 Å². The predicted molar refractivity (Wildman–Crippen MR) is 106 cm³/mol. The molecular formula is C21H27N3O5. The molecule has 1 amide bonds. The number of benzene rings is 1. The van der Waals surface area contributed by atoms with Crippen LogP contribution in [0, 0.1) is 0 Å². The number of carbonyl (C=O) groups excluding carboxylic acids is 2. The van der Waals surface area contributed by atoms with E-state index in [-0.39, 0.29) is 24.2 Å². The quantitative estimate of drug-likeness (QED) is 0.410. The van der Waals surface area contributed by atoms with Crippen LogP contribution in [0.2, 0.25) is 0 Å². The van der Waals surface area contributed by atoms with E-state index in [9.17, 15) is 9.59 Å². The van der Waals surface area contributed by atoms with Crippen LogP contribution < -0.4 is 25.4 Å². The van der Waals surface area contributed by atoms with Crippen molar-refractivity contribution in [3.63, 3.8) is 0 Å². The van der Waals surface area contributed by atoms with Gasteiger partial charge in [0.15, 0.2) is 0 Å². The summed E-state index contributed by atoms with van der Waals surface area (Å²) in [6.07, 6.45) is 4.88. The molecule has 2 aliphatic heterocycles. The largest absolute Gasteiger partial charge is 0.497 e. The summed E-state index contributed by atoms with van der Waals surface area (Å²) in [4.78, 5) is 23.4. The van der Waals surface area contributed by atoms with E-state index in [1.165, 1.54) is 0 Å². The van der Waals surface area contributed by atoms with Crippen LogP contribution in [0.4, 0.5) is 0 Å². The summed E-state index contributed by atoms with van der Waals surface area (Å²) >= 11 is 0. The van der Waals surface area contributed by atoms with Crippen molar-refractivity contribution in [1.29, 1.82) is 0 Å². The molecule has 0 radical (unpaired) electrons. The lowest BCUT2D eigenvalue weighted by Gasteiger charge is -2.49. The van der Waals surface area contributed by atoms with Crippen LogP contribution in [0.25, 0.3) is 0 Å². The summed E-state index contributed by atoms with van der Waals surface area (Å²) in [6.45, 7) is 1.64. The number of fused-ring (bicyclic) bond motifs is 2. The molecule has 1 aromatic rings. The first-order valence-corrected chi connectivity index (χ1v) is 10.0. The van der Waals surface area contributed by atoms with E-state index in [0.29, 0.717) is 43.8 Å². The zero-order chi connectivity index (χ0) is 20.3. The third-order valence-corrected chi connectivity index (χ3v) is 5.69. The maximum absolute atomic E-state index is 12.5. The molecule has 3 aliphatic rings. The van der Waals surface area contributed by atoms with E-state index < -0.39 is 5.54 Å². The molecule has 29 heavy (non-hydrogen) atoms. The van der Waals surface area contributed by atoms with Crippen LogP contribution in [-0.2, 0) is 14.3 Å². The van der Waals surface area contributed by atoms with Gasteiger partial charge in [-0.15, -0.1) is 0 Å². The van der Waals surface area contributed by atoms with Gasteiger partial charge in [0.05, 0.1) is 30.8 Å². The monoisotopic (exact) mass is 401 g/mol. The fraction of sp³-hybridized carbons (Fsp3) is 0.524. The number of ether oxygens (including phenoxy) is 3. The average Bonchev–Trinajstić information content (AvgIpc) is 3.55. The minimum atomic E-state index is -0.456. The summed E-state index contributed by atoms with van der Waals surface area (Å²) in [5, 5.41) is 9.77. The van der Waals surface area contributed by atoms with Crippen LogP contribution in [0.3, 0.4) is 0 Å². The zero-order valence-electron chi connectivity index (χ0n) is 16.5. The molecule has 3 N–H and O–H groups in total. The molecule has 1 aromatic carbocycles. The van der Waals surface area contributed by atoms with Gasteiger partial charge in [-0.3, -0.25) is 10.1 Å². The van der Waals surface area contributed by atoms with Gasteiger partial charge in [-0.2, -0.15) is 0 Å². The molecule has 2 fully saturated rings. The maximum Gasteiger partial charge on any atom is 0.335 e. The zero-order valence-corrected chi connectivity index (χ0v) is 16.5. The molecule has 4 rings (SSSR count). The Hall–Kier alpha value is -2.58. The van der Waals surface area contributed by atoms with Gasteiger partial charge >= 0.3 is 5.97 Å². The van der Waals surface area contributed by atoms with Crippen molar-refractivity contribution in [1.82, 2.24) is 16.0 Å². The lowest BCUT2D eigenvalue weighted by atomic mass is 9.79. The fourth-order valence-corrected chi connectivity index (χ4v) is 3.93. The Balaban J connectivity index is 1.53. The van der Waals surface area contributed by atoms with Gasteiger partial charge in [0.1, 0.15) is 23.7 Å². The minimum Gasteiger partial charge on any atom is -0.497 e. The number of hydrogen-bond acceptors (Lipinski definition) is 7. The van der Waals surface area contributed by atoms with Gasteiger partial charge in [0.25, 0.3) is 0 Å². The van der Waals surface area contributed by atoms with Crippen molar-refractivity contribution in [3.8, 4) is 11.5 Å². The molecule has 2 bridgehead atoms. The van der Waals surface area contributed by atoms with Gasteiger partial charge in [-0.25, -0.2) is 4.79 Å². The second-order valence-corrected chi connectivity index (χ2v) is 7.76. The molecule has 3 unspecified atom stereocenters. The van der Waals surface area contributed by atoms with E-state index >= 15 is 0 Å². The Morgan fingerprint density at radius 2 is 2.07 bits per heavy atom. The highest BCUT2D eigenvalue weighted by Gasteiger charge is 2.48. The molecule has 3 atom stereocenters. The molecule has 0 spiro atoms. The summed E-state index contributed by atoms with van der Waals surface area (Å²) in [7, 11) is 1.61. The lowest BCUT2D eigenvalue weighted by molar-refractivity contribution is -0.141. The number of carbonyl (C=O) groups is 2. The summed E-state index contributed by atoms with van der Waals surface area (Å²) in [5.41, 5.74) is 0.216. The Kier molecular flexibility index (Phi) is 5.73. The van der Waals surface area contributed by atoms with E-state index in [2.05, 4.69) is 16.0 Å². The Morgan fingerprint density at radius 3 is 2.76 bits per heavy atom. The number of rotatable bonds is 9. The summed E-state index contributed by atoms with van der Waals surface area (Å²) in [6, 6.07) is 7.20. The van der Waals surface area contributed by atoms with Crippen molar-refractivity contribution >= 4 is 12.4 Å². The summed E-state index contributed by atoms with van der Waals surface area (Å²) in [5.74, 6) is 1.20. The first kappa shape index (κ1) is 19.7. The van der Waals surface area contributed by atoms with Crippen molar-refractivity contribution < 1.29 is 23.8 Å². The highest BCUT2D eigenvalue weighted by Crippen LogP contribution is 2.32. The van der Waals surface area contributed by atoms with Crippen molar-refractivity contribution in [2.75, 3.05) is 26.7 Å². The molecule has 0 aromatic heterocycles. The second-order valence-electron chi connectivity index (χ2n) is 7.76. The van der Waals surface area contributed by atoms with Gasteiger partial charge in [0.2, 0.25) is 6.41 Å². The fourth-order valence-electron chi connectivity index (χ4n) is 3.93. The van der Waals surface area contributed by atoms with Gasteiger partial charge in [0, 0.05) is 13.1 Å². The maximum atomic E-state index is 12.5. The molecule has 8 heteroatoms. The van der Waals surface area contributed by atoms with Crippen molar-refractivity contribution in [2.45, 2.75) is 43.1 Å². The minimum absolute atomic E-state index is 0.0783. The van der Waals surface area contributed by atoms with Crippen LogP contribution in [-0.4, -0.2) is 62.9 Å². The average molecular weight is 401 g/mol. The topological polar surface area (TPSA) is 97.9 Å². The normalized spacial score (nSPS) is 26.7. The number of amides is 1. The molecule has 1 saturated heterocycles. The van der Waals surface area contributed by atoms with Crippen molar-refractivity contribution in [2.24, 2.45) is 0 Å². The Morgan fingerprint density at radius 1 is 1.31 bits per heavy atom. The van der Waals surface area contributed by atoms with E-state index in [0.717, 1.165) is 18.6 Å². The second kappa shape index (κ2) is 8.42. The van der Waals surface area contributed by atoms with Crippen LogP contribution in [0.15, 0.2) is 35.9 Å². The molecule has 1 aliphatic carbocycles. The Labute approximate surface area is 170 Å². The van der Waals surface area contributed by atoms with Crippen LogP contribution >= 0.6 is 0 Å². The van der Waals surface area contributed by atoms with E-state index in [4.69, 9.17) is 14.2 Å². The summed E-state index contributed by atoms with van der Waals surface area (Å²) < 4.78 is 17.0. The SMILES string of the molecule is COc1ccc(OC(CNC=O)C23CC=C(C(=O)OC4CC4)C(CNC2)N3)cc1. The lowest BCUT2D eigenvalue weighted by Crippen LogP contribution is -2.73. The van der Waals surface area contributed by atoms with Crippen molar-refractivity contribution in [3.05, 3.63) is 35.9 Å². The number of nitrogens with one attached hydrogen (secondary N) is 3. The van der Waals surface area contributed by atoms with Gasteiger partial charge in [-0.05, 0) is 43.5 Å². The highest BCUT2D eigenvalue weighted by molar-refractivity contribution is 5.90. The third-order valence-electron chi connectivity index (χ3n) is 5.69. The number of hydrogen-bond donors (Lipinski definition) is 3. The third kappa shape index (κ3) is 4.38. The number of esters is 1. The molecular weight excluding hydrogens is 374 g/mol. The number of piperazine rings is 1. The van der Waals surface area contributed by atoms with Crippen LogP contribution in [0.5, 0.6) is 11.5 Å². The first-order valence-electron chi connectivity index (χ1n) is 10.0. The highest BCUT2D eigenvalue weighted by atomic mass is 16.5. The Bertz CT molecular complexity index is 777.